The summed E-state index contributed by atoms with van der Waals surface area (Å²) in [5, 5.41) is 23.6. The van der Waals surface area contributed by atoms with Gasteiger partial charge in [0.2, 0.25) is 11.4 Å². The number of piperidine rings is 1. The lowest BCUT2D eigenvalue weighted by Gasteiger charge is -2.39. The third-order valence-electron chi connectivity index (χ3n) is 9.17. The van der Waals surface area contributed by atoms with Gasteiger partial charge in [0, 0.05) is 66.0 Å². The number of alkyl halides is 3. The number of halogens is 4. The standard InChI is InChI=1S/C35H37ClF3N3O8/c1-21-48-32(49-21)11-4-22-16-30(46-2)33(31(17-22)47-3)50-26-12-14-40(15-13-26)20-34(43,35(37,38)39)28-19-41(24-7-5-23(36)6-8-24)29-18-25(42(44)45)9-10-27(28)29/h5-10,16-19,21,26,32,43H,4,11-15,20H2,1-3H3. The number of nitrogens with zero attached hydrogens (tertiary/aromatic N) is 3. The van der Waals surface area contributed by atoms with Crippen molar-refractivity contribution in [1.82, 2.24) is 9.47 Å². The molecule has 0 amide bonds. The number of aryl methyl sites for hydroxylation is 1. The van der Waals surface area contributed by atoms with Gasteiger partial charge in [-0.15, -0.1) is 0 Å². The van der Waals surface area contributed by atoms with Crippen molar-refractivity contribution in [2.45, 2.75) is 63.1 Å². The summed E-state index contributed by atoms with van der Waals surface area (Å²) < 4.78 is 74.9. The Balaban J connectivity index is 1.21. The molecule has 1 atom stereocenters. The van der Waals surface area contributed by atoms with Crippen molar-refractivity contribution in [2.75, 3.05) is 33.9 Å². The largest absolute Gasteiger partial charge is 0.493 e. The van der Waals surface area contributed by atoms with Crippen LogP contribution in [0.4, 0.5) is 18.9 Å². The van der Waals surface area contributed by atoms with Crippen LogP contribution >= 0.6 is 11.6 Å². The van der Waals surface area contributed by atoms with Gasteiger partial charge in [-0.2, -0.15) is 13.2 Å². The lowest BCUT2D eigenvalue weighted by Crippen LogP contribution is -2.53. The molecule has 0 spiro atoms. The Labute approximate surface area is 291 Å². The highest BCUT2D eigenvalue weighted by molar-refractivity contribution is 6.30. The van der Waals surface area contributed by atoms with Gasteiger partial charge in [-0.3, -0.25) is 15.0 Å². The lowest BCUT2D eigenvalue weighted by molar-refractivity contribution is -0.384. The first kappa shape index (κ1) is 35.7. The lowest BCUT2D eigenvalue weighted by atomic mass is 9.91. The van der Waals surface area contributed by atoms with Crippen molar-refractivity contribution in [2.24, 2.45) is 0 Å². The Morgan fingerprint density at radius 2 is 1.66 bits per heavy atom. The molecule has 6 rings (SSSR count). The fourth-order valence-electron chi connectivity index (χ4n) is 6.53. The Morgan fingerprint density at radius 1 is 1.02 bits per heavy atom. The second-order valence-electron chi connectivity index (χ2n) is 12.4. The average molecular weight is 720 g/mol. The molecule has 3 heterocycles. The molecule has 268 valence electrons. The maximum Gasteiger partial charge on any atom is 0.422 e. The van der Waals surface area contributed by atoms with Crippen molar-refractivity contribution in [3.05, 3.63) is 87.1 Å². The van der Waals surface area contributed by atoms with E-state index in [4.69, 9.17) is 35.3 Å². The molecule has 15 heteroatoms. The number of aromatic nitrogens is 1. The van der Waals surface area contributed by atoms with Crippen LogP contribution in [-0.4, -0.2) is 78.2 Å². The van der Waals surface area contributed by atoms with Crippen molar-refractivity contribution in [3.63, 3.8) is 0 Å². The number of hydrogen-bond acceptors (Lipinski definition) is 9. The van der Waals surface area contributed by atoms with Crippen molar-refractivity contribution >= 4 is 28.2 Å². The molecule has 2 aliphatic heterocycles. The van der Waals surface area contributed by atoms with Crippen LogP contribution in [0.25, 0.3) is 16.6 Å². The normalized spacial score (nSPS) is 19.9. The van der Waals surface area contributed by atoms with Crippen molar-refractivity contribution in [3.8, 4) is 22.9 Å². The Hall–Kier alpha value is -4.08. The van der Waals surface area contributed by atoms with Crippen LogP contribution in [-0.2, 0) is 21.5 Å². The summed E-state index contributed by atoms with van der Waals surface area (Å²) >= 11 is 6.03. The summed E-state index contributed by atoms with van der Waals surface area (Å²) in [7, 11) is 3.04. The average Bonchev–Trinajstić information content (AvgIpc) is 3.46. The zero-order valence-electron chi connectivity index (χ0n) is 27.6. The molecular weight excluding hydrogens is 683 g/mol. The molecule has 2 aliphatic rings. The van der Waals surface area contributed by atoms with Gasteiger partial charge < -0.3 is 33.4 Å². The highest BCUT2D eigenvalue weighted by Gasteiger charge is 2.57. The van der Waals surface area contributed by atoms with Crippen LogP contribution in [0.15, 0.2) is 60.8 Å². The summed E-state index contributed by atoms with van der Waals surface area (Å²) in [6.07, 6.45) is -2.67. The van der Waals surface area contributed by atoms with Gasteiger partial charge in [-0.05, 0) is 74.2 Å². The minimum absolute atomic E-state index is 0.0357. The number of aliphatic hydroxyl groups is 1. The fourth-order valence-corrected chi connectivity index (χ4v) is 6.66. The molecule has 1 unspecified atom stereocenters. The number of ether oxygens (including phenoxy) is 5. The van der Waals surface area contributed by atoms with Gasteiger partial charge in [-0.1, -0.05) is 11.6 Å². The van der Waals surface area contributed by atoms with Crippen LogP contribution < -0.4 is 14.2 Å². The van der Waals surface area contributed by atoms with E-state index in [1.165, 1.54) is 37.1 Å². The van der Waals surface area contributed by atoms with Gasteiger partial charge in [0.1, 0.15) is 6.10 Å². The van der Waals surface area contributed by atoms with E-state index in [1.807, 2.05) is 19.1 Å². The molecule has 0 aliphatic carbocycles. The fraction of sp³-hybridized carbons (Fsp3) is 0.429. The van der Waals surface area contributed by atoms with Gasteiger partial charge in [0.15, 0.2) is 24.1 Å². The first-order valence-electron chi connectivity index (χ1n) is 16.1. The van der Waals surface area contributed by atoms with Crippen molar-refractivity contribution < 1.29 is 46.9 Å². The number of benzene rings is 3. The molecule has 3 aromatic carbocycles. The predicted molar refractivity (Wildman–Crippen MR) is 178 cm³/mol. The molecule has 11 nitrogen and oxygen atoms in total. The second-order valence-corrected chi connectivity index (χ2v) is 12.9. The molecule has 4 aromatic rings. The van der Waals surface area contributed by atoms with Crippen molar-refractivity contribution in [1.29, 1.82) is 0 Å². The molecule has 1 aromatic heterocycles. The molecule has 2 fully saturated rings. The molecular formula is C35H37ClF3N3O8. The number of non-ortho nitro benzene ring substituents is 1. The number of rotatable bonds is 12. The summed E-state index contributed by atoms with van der Waals surface area (Å²) in [6, 6.07) is 13.6. The highest BCUT2D eigenvalue weighted by Crippen LogP contribution is 2.45. The van der Waals surface area contributed by atoms with E-state index in [1.54, 1.807) is 29.2 Å². The monoisotopic (exact) mass is 719 g/mol. The number of methoxy groups -OCH3 is 2. The summed E-state index contributed by atoms with van der Waals surface area (Å²) in [4.78, 5) is 12.5. The van der Waals surface area contributed by atoms with Crippen LogP contribution in [0.3, 0.4) is 0 Å². The molecule has 50 heavy (non-hydrogen) atoms. The van der Waals surface area contributed by atoms with E-state index in [-0.39, 0.29) is 48.4 Å². The van der Waals surface area contributed by atoms with Gasteiger partial charge in [0.25, 0.3) is 5.69 Å². The van der Waals surface area contributed by atoms with Crippen LogP contribution in [0.2, 0.25) is 5.02 Å². The smallest absolute Gasteiger partial charge is 0.422 e. The van der Waals surface area contributed by atoms with Gasteiger partial charge in [-0.25, -0.2) is 0 Å². The van der Waals surface area contributed by atoms with Crippen LogP contribution in [0.1, 0.15) is 37.3 Å². The number of nitro benzene ring substituents is 1. The molecule has 0 radical (unpaired) electrons. The molecule has 1 N–H and O–H groups in total. The second kappa shape index (κ2) is 14.3. The maximum atomic E-state index is 15.0. The van der Waals surface area contributed by atoms with Gasteiger partial charge >= 0.3 is 6.18 Å². The van der Waals surface area contributed by atoms with E-state index in [9.17, 15) is 28.4 Å². The third-order valence-corrected chi connectivity index (χ3v) is 9.42. The van der Waals surface area contributed by atoms with E-state index in [2.05, 4.69) is 0 Å². The summed E-state index contributed by atoms with van der Waals surface area (Å²) in [5.74, 6) is 1.33. The Bertz CT molecular complexity index is 1810. The van der Waals surface area contributed by atoms with E-state index < -0.39 is 28.8 Å². The zero-order chi connectivity index (χ0) is 35.8. The first-order chi connectivity index (χ1) is 23.8. The van der Waals surface area contributed by atoms with E-state index in [0.29, 0.717) is 53.6 Å². The number of fused-ring (bicyclic) bond motifs is 1. The maximum absolute atomic E-state index is 15.0. The van der Waals surface area contributed by atoms with E-state index >= 15 is 0 Å². The quantitative estimate of drug-likeness (QED) is 0.120. The van der Waals surface area contributed by atoms with E-state index in [0.717, 1.165) is 11.6 Å². The SMILES string of the molecule is COc1cc(CCC2OC(C)O2)cc(OC)c1OC1CCN(CC(O)(c2cn(-c3ccc(Cl)cc3)c3cc([N+](=O)[O-])ccc23)C(F)(F)F)CC1. The minimum atomic E-state index is -5.08. The van der Waals surface area contributed by atoms with Crippen LogP contribution in [0, 0.1) is 10.1 Å². The summed E-state index contributed by atoms with van der Waals surface area (Å²) in [6.45, 7) is 1.48. The predicted octanol–water partition coefficient (Wildman–Crippen LogP) is 7.15. The molecule has 0 saturated carbocycles. The number of hydrogen-bond donors (Lipinski definition) is 1. The third kappa shape index (κ3) is 7.21. The topological polar surface area (TPSA) is 118 Å². The Kier molecular flexibility index (Phi) is 10.2. The number of nitro groups is 1. The van der Waals surface area contributed by atoms with Crippen LogP contribution in [0.5, 0.6) is 17.2 Å². The molecule has 0 bridgehead atoms. The molecule has 2 saturated heterocycles. The Morgan fingerprint density at radius 3 is 2.22 bits per heavy atom. The number of β-amino-alcohol motifs (C(OH)–C–C–N with tert-alkyl or cyclic N) is 1. The highest BCUT2D eigenvalue weighted by atomic mass is 35.5. The first-order valence-corrected chi connectivity index (χ1v) is 16.5. The summed E-state index contributed by atoms with van der Waals surface area (Å²) in [5.41, 5.74) is -2.52. The number of likely N-dealkylation sites (tertiary alicyclic amines) is 1. The minimum Gasteiger partial charge on any atom is -0.493 e. The van der Waals surface area contributed by atoms with Gasteiger partial charge in [0.05, 0.1) is 24.7 Å². The zero-order valence-corrected chi connectivity index (χ0v) is 28.4.